The largest absolute Gasteiger partial charge is 0.342 e. The molecule has 0 aromatic carbocycles. The summed E-state index contributed by atoms with van der Waals surface area (Å²) in [6, 6.07) is 0. The van der Waals surface area contributed by atoms with E-state index in [-0.39, 0.29) is 5.91 Å². The molecule has 0 bridgehead atoms. The number of hydrogen-bond acceptors (Lipinski definition) is 7. The molecular weight excluding hydrogens is 252 g/mol. The maximum Gasteiger partial charge on any atom is 0.236 e. The van der Waals surface area contributed by atoms with Crippen LogP contribution in [0, 0.1) is 0 Å². The van der Waals surface area contributed by atoms with Gasteiger partial charge in [-0.1, -0.05) is 11.3 Å². The van der Waals surface area contributed by atoms with Gasteiger partial charge in [-0.25, -0.2) is 5.84 Å². The molecule has 1 aromatic heterocycles. The highest BCUT2D eigenvalue weighted by Crippen LogP contribution is 2.14. The summed E-state index contributed by atoms with van der Waals surface area (Å²) in [4.78, 5) is 15.6. The number of nitrogens with one attached hydrogen (secondary N) is 1. The molecule has 1 aromatic rings. The van der Waals surface area contributed by atoms with Crippen LogP contribution in [-0.2, 0) is 11.3 Å². The second-order valence-electron chi connectivity index (χ2n) is 3.88. The van der Waals surface area contributed by atoms with Gasteiger partial charge in [-0.3, -0.25) is 15.1 Å². The number of amides is 1. The van der Waals surface area contributed by atoms with E-state index in [1.54, 1.807) is 0 Å². The molecule has 0 radical (unpaired) electrons. The van der Waals surface area contributed by atoms with E-state index >= 15 is 0 Å². The Labute approximate surface area is 111 Å². The molecule has 102 valence electrons. The minimum atomic E-state index is 0.129. The van der Waals surface area contributed by atoms with E-state index < -0.39 is 0 Å². The van der Waals surface area contributed by atoms with E-state index in [2.05, 4.69) is 15.6 Å². The number of nitrogens with two attached hydrogens (primary N) is 1. The predicted octanol–water partition coefficient (Wildman–Crippen LogP) is 0.124. The maximum atomic E-state index is 11.9. The molecule has 0 saturated heterocycles. The molecule has 0 unspecified atom stereocenters. The first-order valence-electron chi connectivity index (χ1n) is 5.86. The Hall–Kier alpha value is -1.25. The number of nitrogen functional groups attached to an aromatic ring is 1. The molecule has 0 aliphatic rings. The molecule has 3 N–H and O–H groups in total. The monoisotopic (exact) mass is 272 g/mol. The summed E-state index contributed by atoms with van der Waals surface area (Å²) in [7, 11) is 1.89. The van der Waals surface area contributed by atoms with Crippen LogP contribution in [0.15, 0.2) is 0 Å². The lowest BCUT2D eigenvalue weighted by Gasteiger charge is -2.22. The minimum absolute atomic E-state index is 0.129. The van der Waals surface area contributed by atoms with Crippen molar-refractivity contribution in [2.75, 3.05) is 32.1 Å². The number of nitrogens with zero attached hydrogens (tertiary/aromatic N) is 4. The molecule has 0 aliphatic carbocycles. The van der Waals surface area contributed by atoms with Crippen molar-refractivity contribution < 1.29 is 4.79 Å². The van der Waals surface area contributed by atoms with Crippen LogP contribution in [0.4, 0.5) is 5.13 Å². The quantitative estimate of drug-likeness (QED) is 0.542. The zero-order chi connectivity index (χ0) is 13.5. The topological polar surface area (TPSA) is 87.4 Å². The SMILES string of the molecule is CCN(CC)C(=O)CN(C)Cc1nnc(NN)s1. The molecule has 1 rings (SSSR count). The number of likely N-dealkylation sites (N-methyl/N-ethyl adjacent to an activating group) is 2. The number of carbonyl (C=O) groups excluding carboxylic acids is 1. The van der Waals surface area contributed by atoms with Crippen molar-refractivity contribution in [2.24, 2.45) is 5.84 Å². The van der Waals surface area contributed by atoms with Crippen LogP contribution in [0.1, 0.15) is 18.9 Å². The number of anilines is 1. The lowest BCUT2D eigenvalue weighted by Crippen LogP contribution is -2.38. The Morgan fingerprint density at radius 1 is 1.39 bits per heavy atom. The van der Waals surface area contributed by atoms with Crippen LogP contribution in [0.5, 0.6) is 0 Å². The molecule has 0 saturated carbocycles. The third-order valence-corrected chi connectivity index (χ3v) is 3.36. The average Bonchev–Trinajstić information content (AvgIpc) is 2.78. The van der Waals surface area contributed by atoms with Gasteiger partial charge in [-0.15, -0.1) is 10.2 Å². The van der Waals surface area contributed by atoms with Crippen molar-refractivity contribution in [3.8, 4) is 0 Å². The van der Waals surface area contributed by atoms with E-state index in [9.17, 15) is 4.79 Å². The van der Waals surface area contributed by atoms with Crippen LogP contribution < -0.4 is 11.3 Å². The average molecular weight is 272 g/mol. The van der Waals surface area contributed by atoms with E-state index in [4.69, 9.17) is 5.84 Å². The Morgan fingerprint density at radius 3 is 2.56 bits per heavy atom. The molecule has 0 atom stereocenters. The van der Waals surface area contributed by atoms with Crippen LogP contribution >= 0.6 is 11.3 Å². The Balaban J connectivity index is 2.45. The number of aromatic nitrogens is 2. The van der Waals surface area contributed by atoms with E-state index in [0.29, 0.717) is 18.2 Å². The summed E-state index contributed by atoms with van der Waals surface area (Å²) in [5.74, 6) is 5.36. The zero-order valence-electron chi connectivity index (χ0n) is 11.0. The van der Waals surface area contributed by atoms with Gasteiger partial charge in [0.25, 0.3) is 0 Å². The van der Waals surface area contributed by atoms with Crippen molar-refractivity contribution in [2.45, 2.75) is 20.4 Å². The molecular formula is C10H20N6OS. The van der Waals surface area contributed by atoms with Crippen LogP contribution in [-0.4, -0.2) is 52.6 Å². The van der Waals surface area contributed by atoms with Crippen molar-refractivity contribution in [1.29, 1.82) is 0 Å². The zero-order valence-corrected chi connectivity index (χ0v) is 11.8. The fourth-order valence-electron chi connectivity index (χ4n) is 1.57. The van der Waals surface area contributed by atoms with E-state index in [1.807, 2.05) is 30.7 Å². The normalized spacial score (nSPS) is 10.7. The highest BCUT2D eigenvalue weighted by Gasteiger charge is 2.14. The van der Waals surface area contributed by atoms with Gasteiger partial charge in [0.1, 0.15) is 5.01 Å². The standard InChI is InChI=1S/C10H20N6OS/c1-4-16(5-2)9(17)7-15(3)6-8-13-14-10(12-11)18-8/h4-7,11H2,1-3H3,(H,12,14). The van der Waals surface area contributed by atoms with Crippen molar-refractivity contribution >= 4 is 22.4 Å². The Kier molecular flexibility index (Phi) is 5.96. The van der Waals surface area contributed by atoms with Crippen LogP contribution in [0.25, 0.3) is 0 Å². The van der Waals surface area contributed by atoms with Crippen LogP contribution in [0.2, 0.25) is 0 Å². The lowest BCUT2D eigenvalue weighted by atomic mass is 10.4. The van der Waals surface area contributed by atoms with Gasteiger partial charge in [0.2, 0.25) is 11.0 Å². The highest BCUT2D eigenvalue weighted by atomic mass is 32.1. The second-order valence-corrected chi connectivity index (χ2v) is 4.95. The lowest BCUT2D eigenvalue weighted by molar-refractivity contribution is -0.131. The Morgan fingerprint density at radius 2 is 2.06 bits per heavy atom. The van der Waals surface area contributed by atoms with Gasteiger partial charge in [0, 0.05) is 13.1 Å². The first-order valence-corrected chi connectivity index (χ1v) is 6.67. The molecule has 7 nitrogen and oxygen atoms in total. The Bertz CT molecular complexity index is 378. The first kappa shape index (κ1) is 14.8. The van der Waals surface area contributed by atoms with E-state index in [1.165, 1.54) is 11.3 Å². The summed E-state index contributed by atoms with van der Waals surface area (Å²) >= 11 is 1.38. The summed E-state index contributed by atoms with van der Waals surface area (Å²) in [6.07, 6.45) is 0. The second kappa shape index (κ2) is 7.24. The van der Waals surface area contributed by atoms with Gasteiger partial charge in [0.15, 0.2) is 0 Å². The first-order chi connectivity index (χ1) is 8.60. The number of carbonyl (C=O) groups is 1. The number of hydrogen-bond donors (Lipinski definition) is 2. The predicted molar refractivity (Wildman–Crippen MR) is 72.0 cm³/mol. The summed E-state index contributed by atoms with van der Waals surface area (Å²) in [5, 5.41) is 9.23. The van der Waals surface area contributed by atoms with Crippen molar-refractivity contribution in [3.63, 3.8) is 0 Å². The number of hydrazine groups is 1. The van der Waals surface area contributed by atoms with Gasteiger partial charge in [-0.05, 0) is 20.9 Å². The van der Waals surface area contributed by atoms with Gasteiger partial charge >= 0.3 is 0 Å². The third kappa shape index (κ3) is 4.21. The van der Waals surface area contributed by atoms with Gasteiger partial charge in [-0.2, -0.15) is 0 Å². The molecule has 0 aliphatic heterocycles. The van der Waals surface area contributed by atoms with Crippen molar-refractivity contribution in [1.82, 2.24) is 20.0 Å². The minimum Gasteiger partial charge on any atom is -0.342 e. The molecule has 18 heavy (non-hydrogen) atoms. The summed E-state index contributed by atoms with van der Waals surface area (Å²) < 4.78 is 0. The highest BCUT2D eigenvalue weighted by molar-refractivity contribution is 7.15. The fraction of sp³-hybridized carbons (Fsp3) is 0.700. The smallest absolute Gasteiger partial charge is 0.236 e. The van der Waals surface area contributed by atoms with Crippen molar-refractivity contribution in [3.05, 3.63) is 5.01 Å². The van der Waals surface area contributed by atoms with Crippen LogP contribution in [0.3, 0.4) is 0 Å². The molecule has 0 spiro atoms. The van der Waals surface area contributed by atoms with Gasteiger partial charge < -0.3 is 4.90 Å². The van der Waals surface area contributed by atoms with E-state index in [0.717, 1.165) is 18.1 Å². The van der Waals surface area contributed by atoms with Gasteiger partial charge in [0.05, 0.1) is 13.1 Å². The molecule has 1 heterocycles. The third-order valence-electron chi connectivity index (χ3n) is 2.52. The fourth-order valence-corrected chi connectivity index (χ4v) is 2.30. The molecule has 8 heteroatoms. The maximum absolute atomic E-state index is 11.9. The molecule has 0 fully saturated rings. The summed E-state index contributed by atoms with van der Waals surface area (Å²) in [6.45, 7) is 6.40. The molecule has 1 amide bonds. The summed E-state index contributed by atoms with van der Waals surface area (Å²) in [5.41, 5.74) is 2.45. The number of rotatable bonds is 7.